The lowest BCUT2D eigenvalue weighted by molar-refractivity contribution is 0.684. The molecule has 2 aromatic rings. The molecule has 0 bridgehead atoms. The Labute approximate surface area is 105 Å². The van der Waals surface area contributed by atoms with Crippen LogP contribution in [0.25, 0.3) is 0 Å². The van der Waals surface area contributed by atoms with Crippen LogP contribution < -0.4 is 5.73 Å². The molecule has 0 unspecified atom stereocenters. The summed E-state index contributed by atoms with van der Waals surface area (Å²) in [6.07, 6.45) is 2.88. The molecule has 2 N–H and O–H groups in total. The van der Waals surface area contributed by atoms with Gasteiger partial charge >= 0.3 is 0 Å². The third kappa shape index (κ3) is 2.15. The number of nitrogen functional groups attached to an aromatic ring is 1. The van der Waals surface area contributed by atoms with Gasteiger partial charge in [0.05, 0.1) is 17.9 Å². The number of anilines is 1. The Hall–Kier alpha value is -1.49. The van der Waals surface area contributed by atoms with Crippen LogP contribution in [-0.2, 0) is 20.0 Å². The lowest BCUT2D eigenvalue weighted by Gasteiger charge is -2.03. The Morgan fingerprint density at radius 1 is 1.41 bits per heavy atom. The highest BCUT2D eigenvalue weighted by Gasteiger charge is 2.13. The molecule has 0 fully saturated rings. The van der Waals surface area contributed by atoms with Crippen LogP contribution in [0, 0.1) is 6.92 Å². The molecule has 0 amide bonds. The summed E-state index contributed by atoms with van der Waals surface area (Å²) >= 11 is 6.01. The third-order valence-corrected chi connectivity index (χ3v) is 3.21. The third-order valence-electron chi connectivity index (χ3n) is 2.74. The van der Waals surface area contributed by atoms with Crippen LogP contribution in [0.4, 0.5) is 5.82 Å². The van der Waals surface area contributed by atoms with E-state index in [1.54, 1.807) is 4.68 Å². The van der Waals surface area contributed by atoms with Crippen LogP contribution in [0.5, 0.6) is 0 Å². The van der Waals surface area contributed by atoms with E-state index in [2.05, 4.69) is 17.1 Å². The van der Waals surface area contributed by atoms with Crippen molar-refractivity contribution in [3.8, 4) is 0 Å². The zero-order chi connectivity index (χ0) is 12.6. The van der Waals surface area contributed by atoms with E-state index in [1.165, 1.54) is 0 Å². The van der Waals surface area contributed by atoms with Gasteiger partial charge in [-0.25, -0.2) is 4.68 Å². The molecule has 2 rings (SSSR count). The van der Waals surface area contributed by atoms with Crippen molar-refractivity contribution in [3.63, 3.8) is 0 Å². The number of halogens is 1. The number of nitrogens with two attached hydrogens (primary N) is 1. The van der Waals surface area contributed by atoms with Gasteiger partial charge in [0.1, 0.15) is 10.8 Å². The van der Waals surface area contributed by atoms with Crippen molar-refractivity contribution in [2.24, 2.45) is 7.05 Å². The second-order valence-corrected chi connectivity index (χ2v) is 4.45. The number of aryl methyl sites for hydroxylation is 3. The molecule has 5 nitrogen and oxygen atoms in total. The summed E-state index contributed by atoms with van der Waals surface area (Å²) < 4.78 is 3.52. The highest BCUT2D eigenvalue weighted by atomic mass is 35.5. The molecule has 0 aliphatic rings. The number of aromatic nitrogens is 4. The lowest BCUT2D eigenvalue weighted by Crippen LogP contribution is -2.07. The van der Waals surface area contributed by atoms with Crippen LogP contribution in [0.15, 0.2) is 6.20 Å². The van der Waals surface area contributed by atoms with Crippen molar-refractivity contribution in [3.05, 3.63) is 28.2 Å². The fourth-order valence-corrected chi connectivity index (χ4v) is 2.01. The van der Waals surface area contributed by atoms with Crippen LogP contribution in [0.2, 0.25) is 5.02 Å². The number of hydrogen-bond acceptors (Lipinski definition) is 3. The number of hydrogen-bond donors (Lipinski definition) is 1. The maximum atomic E-state index is 6.01. The highest BCUT2D eigenvalue weighted by Crippen LogP contribution is 2.23. The Morgan fingerprint density at radius 2 is 2.12 bits per heavy atom. The normalized spacial score (nSPS) is 11.1. The van der Waals surface area contributed by atoms with Gasteiger partial charge in [-0.2, -0.15) is 10.2 Å². The molecular formula is C11H16ClN5. The first-order chi connectivity index (χ1) is 8.02. The largest absolute Gasteiger partial charge is 0.383 e. The molecule has 0 radical (unpaired) electrons. The van der Waals surface area contributed by atoms with Crippen molar-refractivity contribution < 1.29 is 0 Å². The Morgan fingerprint density at radius 3 is 2.65 bits per heavy atom. The molecule has 6 heteroatoms. The molecule has 0 saturated carbocycles. The quantitative estimate of drug-likeness (QED) is 0.907. The molecule has 0 aliphatic heterocycles. The molecule has 0 aliphatic carbocycles. The van der Waals surface area contributed by atoms with E-state index in [0.29, 0.717) is 17.4 Å². The van der Waals surface area contributed by atoms with Gasteiger partial charge in [-0.05, 0) is 13.3 Å². The molecular weight excluding hydrogens is 238 g/mol. The van der Waals surface area contributed by atoms with E-state index in [-0.39, 0.29) is 0 Å². The molecule has 2 heterocycles. The Balaban J connectivity index is 2.34. The highest BCUT2D eigenvalue weighted by molar-refractivity contribution is 6.33. The second kappa shape index (κ2) is 4.41. The topological polar surface area (TPSA) is 61.7 Å². The first kappa shape index (κ1) is 12.0. The van der Waals surface area contributed by atoms with Crippen LogP contribution in [-0.4, -0.2) is 19.6 Å². The predicted molar refractivity (Wildman–Crippen MR) is 68.1 cm³/mol. The molecule has 0 aromatic carbocycles. The number of rotatable bonds is 3. The van der Waals surface area contributed by atoms with E-state index in [9.17, 15) is 0 Å². The molecule has 17 heavy (non-hydrogen) atoms. The minimum atomic E-state index is 0.509. The van der Waals surface area contributed by atoms with Crippen molar-refractivity contribution in [1.82, 2.24) is 19.6 Å². The average Bonchev–Trinajstić information content (AvgIpc) is 2.76. The minimum absolute atomic E-state index is 0.509. The molecule has 0 saturated heterocycles. The molecule has 0 atom stereocenters. The predicted octanol–water partition coefficient (Wildman–Crippen LogP) is 1.77. The summed E-state index contributed by atoms with van der Waals surface area (Å²) in [7, 11) is 1.91. The van der Waals surface area contributed by atoms with E-state index in [1.807, 2.05) is 24.9 Å². The second-order valence-electron chi connectivity index (χ2n) is 4.07. The summed E-state index contributed by atoms with van der Waals surface area (Å²) in [5.41, 5.74) is 8.84. The van der Waals surface area contributed by atoms with Crippen molar-refractivity contribution in [1.29, 1.82) is 0 Å². The smallest absolute Gasteiger partial charge is 0.141 e. The fraction of sp³-hybridized carbons (Fsp3) is 0.455. The van der Waals surface area contributed by atoms with Gasteiger partial charge in [0, 0.05) is 18.8 Å². The minimum Gasteiger partial charge on any atom is -0.383 e. The lowest BCUT2D eigenvalue weighted by atomic mass is 10.2. The van der Waals surface area contributed by atoms with Gasteiger partial charge in [-0.15, -0.1) is 0 Å². The summed E-state index contributed by atoms with van der Waals surface area (Å²) in [6, 6.07) is 0. The standard InChI is InChI=1S/C11H16ClN5/c1-4-9-8(5-16(3)15-9)6-17-11(13)10(12)7(2)14-17/h5H,4,6,13H2,1-3H3. The van der Waals surface area contributed by atoms with E-state index in [0.717, 1.165) is 23.4 Å². The van der Waals surface area contributed by atoms with Crippen LogP contribution in [0.3, 0.4) is 0 Å². The van der Waals surface area contributed by atoms with Crippen molar-refractivity contribution in [2.45, 2.75) is 26.8 Å². The van der Waals surface area contributed by atoms with Crippen molar-refractivity contribution >= 4 is 17.4 Å². The Bertz CT molecular complexity index is 540. The molecule has 0 spiro atoms. The van der Waals surface area contributed by atoms with Crippen LogP contribution in [0.1, 0.15) is 23.9 Å². The van der Waals surface area contributed by atoms with Gasteiger partial charge in [-0.3, -0.25) is 4.68 Å². The first-order valence-electron chi connectivity index (χ1n) is 5.52. The monoisotopic (exact) mass is 253 g/mol. The van der Waals surface area contributed by atoms with Gasteiger partial charge in [-0.1, -0.05) is 18.5 Å². The maximum absolute atomic E-state index is 6.01. The van der Waals surface area contributed by atoms with Crippen molar-refractivity contribution in [2.75, 3.05) is 5.73 Å². The van der Waals surface area contributed by atoms with Crippen LogP contribution >= 0.6 is 11.6 Å². The van der Waals surface area contributed by atoms with E-state index < -0.39 is 0 Å². The summed E-state index contributed by atoms with van der Waals surface area (Å²) in [5, 5.41) is 9.23. The number of nitrogens with zero attached hydrogens (tertiary/aromatic N) is 4. The zero-order valence-electron chi connectivity index (χ0n) is 10.2. The van der Waals surface area contributed by atoms with E-state index >= 15 is 0 Å². The van der Waals surface area contributed by atoms with Gasteiger partial charge in [0.2, 0.25) is 0 Å². The summed E-state index contributed by atoms with van der Waals surface area (Å²) in [6.45, 7) is 4.53. The van der Waals surface area contributed by atoms with Gasteiger partial charge in [0.25, 0.3) is 0 Å². The maximum Gasteiger partial charge on any atom is 0.141 e. The van der Waals surface area contributed by atoms with Gasteiger partial charge < -0.3 is 5.73 Å². The summed E-state index contributed by atoms with van der Waals surface area (Å²) in [5.74, 6) is 0.509. The molecule has 92 valence electrons. The van der Waals surface area contributed by atoms with E-state index in [4.69, 9.17) is 17.3 Å². The first-order valence-corrected chi connectivity index (χ1v) is 5.90. The zero-order valence-corrected chi connectivity index (χ0v) is 11.0. The summed E-state index contributed by atoms with van der Waals surface area (Å²) in [4.78, 5) is 0. The average molecular weight is 254 g/mol. The van der Waals surface area contributed by atoms with Gasteiger partial charge in [0.15, 0.2) is 0 Å². The SMILES string of the molecule is CCc1nn(C)cc1Cn1nc(C)c(Cl)c1N. The molecule has 2 aromatic heterocycles. The fourth-order valence-electron chi connectivity index (χ4n) is 1.87. The Kier molecular flexibility index (Phi) is 3.11.